The molecule has 0 aliphatic carbocycles. The number of pyridine rings is 1. The minimum absolute atomic E-state index is 0.478. The fourth-order valence-corrected chi connectivity index (χ4v) is 5.14. The largest absolute Gasteiger partial charge is 0.324 e. The summed E-state index contributed by atoms with van der Waals surface area (Å²) in [5.41, 5.74) is 9.62. The summed E-state index contributed by atoms with van der Waals surface area (Å²) in [7, 11) is 2.03. The van der Waals surface area contributed by atoms with Crippen molar-refractivity contribution in [2.75, 3.05) is 16.8 Å². The van der Waals surface area contributed by atoms with E-state index < -0.39 is 0 Å². The molecule has 5 rings (SSSR count). The van der Waals surface area contributed by atoms with Crippen LogP contribution in [0.4, 0.5) is 11.4 Å². The molecule has 35 heavy (non-hydrogen) atoms. The van der Waals surface area contributed by atoms with Gasteiger partial charge in [0, 0.05) is 36.1 Å². The van der Waals surface area contributed by atoms with E-state index in [1.165, 1.54) is 29.8 Å². The molecule has 1 N–H and O–H groups in total. The van der Waals surface area contributed by atoms with Crippen molar-refractivity contribution in [3.63, 3.8) is 0 Å². The van der Waals surface area contributed by atoms with Crippen molar-refractivity contribution >= 4 is 23.0 Å². The lowest BCUT2D eigenvalue weighted by molar-refractivity contribution is 0.503. The van der Waals surface area contributed by atoms with Crippen molar-refractivity contribution in [1.82, 2.24) is 14.8 Å². The van der Waals surface area contributed by atoms with Crippen molar-refractivity contribution in [2.24, 2.45) is 18.0 Å². The molecule has 0 saturated heterocycles. The van der Waals surface area contributed by atoms with Crippen LogP contribution in [0, 0.1) is 12.8 Å². The number of aromatic nitrogens is 3. The van der Waals surface area contributed by atoms with Gasteiger partial charge in [0.05, 0.1) is 29.0 Å². The molecule has 4 heterocycles. The maximum atomic E-state index is 5.04. The maximum Gasteiger partial charge on any atom is 0.208 e. The molecule has 2 aliphatic rings. The fraction of sp³-hybridized carbons (Fsp3) is 0.414. The predicted molar refractivity (Wildman–Crippen MR) is 146 cm³/mol. The van der Waals surface area contributed by atoms with Gasteiger partial charge in [0.15, 0.2) is 0 Å². The molecule has 1 aromatic carbocycles. The monoisotopic (exact) mass is 468 g/mol. The minimum Gasteiger partial charge on any atom is -0.324 e. The van der Waals surface area contributed by atoms with Crippen LogP contribution >= 0.6 is 0 Å². The van der Waals surface area contributed by atoms with E-state index in [1.807, 2.05) is 24.9 Å². The average Bonchev–Trinajstić information content (AvgIpc) is 3.35. The van der Waals surface area contributed by atoms with E-state index in [4.69, 9.17) is 9.98 Å². The summed E-state index contributed by atoms with van der Waals surface area (Å²) in [6.45, 7) is 14.1. The molecule has 0 radical (unpaired) electrons. The van der Waals surface area contributed by atoms with Crippen LogP contribution in [-0.2, 0) is 13.5 Å². The second kappa shape index (κ2) is 9.33. The number of fused-ring (bicyclic) bond motifs is 7. The molecule has 0 amide bonds. The molecule has 3 aromatic rings. The number of anilines is 2. The van der Waals surface area contributed by atoms with Crippen LogP contribution in [0.1, 0.15) is 68.5 Å². The average molecular weight is 469 g/mol. The Morgan fingerprint density at radius 2 is 1.97 bits per heavy atom. The first kappa shape index (κ1) is 23.3. The Kier molecular flexibility index (Phi) is 6.22. The zero-order valence-electron chi connectivity index (χ0n) is 21.6. The number of rotatable bonds is 1. The normalized spacial score (nSPS) is 19.7. The Labute approximate surface area is 208 Å². The van der Waals surface area contributed by atoms with E-state index in [1.54, 1.807) is 0 Å². The van der Waals surface area contributed by atoms with Gasteiger partial charge < -0.3 is 10.2 Å². The number of benzene rings is 1. The quantitative estimate of drug-likeness (QED) is 0.441. The van der Waals surface area contributed by atoms with E-state index in [-0.39, 0.29) is 0 Å². The summed E-state index contributed by atoms with van der Waals surface area (Å²) in [5, 5.41) is 8.13. The highest BCUT2D eigenvalue weighted by atomic mass is 15.4. The first-order valence-electron chi connectivity index (χ1n) is 12.8. The van der Waals surface area contributed by atoms with Crippen LogP contribution in [-0.4, -0.2) is 27.3 Å². The van der Waals surface area contributed by atoms with E-state index in [0.717, 1.165) is 59.2 Å². The summed E-state index contributed by atoms with van der Waals surface area (Å²) in [5.74, 6) is 1.86. The smallest absolute Gasteiger partial charge is 0.208 e. The molecule has 2 bridgehead atoms. The molecule has 182 valence electrons. The Bertz CT molecular complexity index is 1300. The number of aliphatic imine (C=N–C) groups is 1. The van der Waals surface area contributed by atoms with Crippen molar-refractivity contribution in [3.8, 4) is 11.3 Å². The molecule has 6 heteroatoms. The summed E-state index contributed by atoms with van der Waals surface area (Å²) < 4.78 is 2.00. The van der Waals surface area contributed by atoms with Gasteiger partial charge in [-0.3, -0.25) is 9.67 Å². The summed E-state index contributed by atoms with van der Waals surface area (Å²) >= 11 is 0. The van der Waals surface area contributed by atoms with Gasteiger partial charge in [-0.15, -0.1) is 0 Å². The van der Waals surface area contributed by atoms with Crippen LogP contribution in [0.25, 0.3) is 17.0 Å². The Balaban J connectivity index is 1.59. The number of nitrogens with zero attached hydrogens (tertiary/aromatic N) is 5. The van der Waals surface area contributed by atoms with Crippen molar-refractivity contribution in [1.29, 1.82) is 0 Å². The lowest BCUT2D eigenvalue weighted by Crippen LogP contribution is -2.34. The Morgan fingerprint density at radius 3 is 2.77 bits per heavy atom. The molecular weight excluding hydrogens is 432 g/mol. The molecule has 0 spiro atoms. The third-order valence-corrected chi connectivity index (χ3v) is 7.20. The van der Waals surface area contributed by atoms with Gasteiger partial charge in [0.25, 0.3) is 0 Å². The molecule has 1 atom stereocenters. The Hall–Kier alpha value is -3.41. The molecule has 6 nitrogen and oxygen atoms in total. The van der Waals surface area contributed by atoms with Crippen LogP contribution < -0.4 is 10.2 Å². The number of guanidine groups is 1. The number of nitrogens with one attached hydrogen (secondary N) is 1. The van der Waals surface area contributed by atoms with Gasteiger partial charge in [-0.25, -0.2) is 4.99 Å². The molecule has 0 fully saturated rings. The van der Waals surface area contributed by atoms with Crippen LogP contribution in [0.15, 0.2) is 48.1 Å². The van der Waals surface area contributed by atoms with Crippen molar-refractivity contribution in [3.05, 3.63) is 65.6 Å². The van der Waals surface area contributed by atoms with E-state index in [0.29, 0.717) is 11.8 Å². The van der Waals surface area contributed by atoms with Crippen molar-refractivity contribution in [2.45, 2.75) is 59.3 Å². The molecule has 0 saturated carbocycles. The highest BCUT2D eigenvalue weighted by Crippen LogP contribution is 2.37. The van der Waals surface area contributed by atoms with Crippen LogP contribution in [0.2, 0.25) is 0 Å². The van der Waals surface area contributed by atoms with E-state index in [9.17, 15) is 0 Å². The zero-order chi connectivity index (χ0) is 24.7. The first-order chi connectivity index (χ1) is 16.8. The Morgan fingerprint density at radius 1 is 1.14 bits per heavy atom. The predicted octanol–water partition coefficient (Wildman–Crippen LogP) is 6.54. The van der Waals surface area contributed by atoms with Gasteiger partial charge in [-0.05, 0) is 67.9 Å². The second-order valence-electron chi connectivity index (χ2n) is 10.4. The van der Waals surface area contributed by atoms with Gasteiger partial charge in [0.1, 0.15) is 0 Å². The molecule has 2 aromatic heterocycles. The van der Waals surface area contributed by atoms with Gasteiger partial charge in [0.2, 0.25) is 5.96 Å². The summed E-state index contributed by atoms with van der Waals surface area (Å²) in [6.07, 6.45) is 6.42. The number of aryl methyl sites for hydroxylation is 2. The highest BCUT2D eigenvalue weighted by Gasteiger charge is 2.28. The van der Waals surface area contributed by atoms with Gasteiger partial charge in [-0.2, -0.15) is 5.10 Å². The molecular formula is C29H36N6. The zero-order valence-corrected chi connectivity index (χ0v) is 21.6. The van der Waals surface area contributed by atoms with Crippen LogP contribution in [0.5, 0.6) is 0 Å². The second-order valence-corrected chi connectivity index (χ2v) is 10.4. The topological polar surface area (TPSA) is 58.3 Å². The van der Waals surface area contributed by atoms with E-state index >= 15 is 0 Å². The minimum atomic E-state index is 0.478. The highest BCUT2D eigenvalue weighted by molar-refractivity contribution is 6.16. The third-order valence-electron chi connectivity index (χ3n) is 7.20. The maximum absolute atomic E-state index is 5.04. The van der Waals surface area contributed by atoms with Crippen molar-refractivity contribution < 1.29 is 0 Å². The summed E-state index contributed by atoms with van der Waals surface area (Å²) in [4.78, 5) is 12.2. The molecule has 1 unspecified atom stereocenters. The lowest BCUT2D eigenvalue weighted by Gasteiger charge is -2.24. The van der Waals surface area contributed by atoms with Crippen LogP contribution in [0.3, 0.4) is 0 Å². The van der Waals surface area contributed by atoms with E-state index in [2.05, 4.69) is 73.0 Å². The standard InChI is InChI=1S/C29H36N6/c1-18(2)22-11-12-25-28(15-22)35-17-19(3)9-7-8-10-27-24(16-30-34(27)6)26-14-23(13-20(4)31-26)21(5)32-29(35)33-25/h11-16,18-19H,5,7-10,17H2,1-4,6H3,(H,32,33). The third kappa shape index (κ3) is 4.62. The fourth-order valence-electron chi connectivity index (χ4n) is 5.14. The summed E-state index contributed by atoms with van der Waals surface area (Å²) in [6, 6.07) is 10.9. The first-order valence-corrected chi connectivity index (χ1v) is 12.8. The van der Waals surface area contributed by atoms with Gasteiger partial charge in [-0.1, -0.05) is 39.8 Å². The lowest BCUT2D eigenvalue weighted by atomic mass is 9.99. The number of hydrogen-bond acceptors (Lipinski definition) is 5. The number of hydrogen-bond donors (Lipinski definition) is 1. The SMILES string of the molecule is C=C1/N=C2\Nc3ccc(C(C)C)cc3N2CC(C)CCCCc2c(cnn2C)-c2cc1cc(C)n2. The van der Waals surface area contributed by atoms with Gasteiger partial charge >= 0.3 is 0 Å². The molecule has 2 aliphatic heterocycles.